The summed E-state index contributed by atoms with van der Waals surface area (Å²) in [4.78, 5) is 23.3. The lowest BCUT2D eigenvalue weighted by molar-refractivity contribution is 0.102. The molecule has 30 heavy (non-hydrogen) atoms. The molecule has 1 atom stereocenters. The zero-order valence-electron chi connectivity index (χ0n) is 16.8. The lowest BCUT2D eigenvalue weighted by Gasteiger charge is -2.28. The van der Waals surface area contributed by atoms with Crippen LogP contribution in [0.3, 0.4) is 0 Å². The molecular formula is C23H24N4O3. The molecule has 0 spiro atoms. The summed E-state index contributed by atoms with van der Waals surface area (Å²) in [5, 5.41) is 2.80. The van der Waals surface area contributed by atoms with Gasteiger partial charge in [0.2, 0.25) is 5.88 Å². The van der Waals surface area contributed by atoms with Gasteiger partial charge in [0, 0.05) is 25.4 Å². The zero-order chi connectivity index (χ0) is 20.8. The van der Waals surface area contributed by atoms with Crippen molar-refractivity contribution in [2.75, 3.05) is 36.5 Å². The van der Waals surface area contributed by atoms with Crippen LogP contribution in [0.4, 0.5) is 11.5 Å². The molecule has 1 N–H and O–H groups in total. The standard InChI is InChI=1S/C23H24N4O3/c1-17(18-5-3-2-4-6-18)30-22-10-7-19(15-25-22)23(28)26-21-9-8-20(16-24-21)27-11-13-29-14-12-27/h2-10,15-17H,11-14H2,1H3,(H,24,26,28)/t17-/m0/s1. The average Bonchev–Trinajstić information content (AvgIpc) is 2.81. The summed E-state index contributed by atoms with van der Waals surface area (Å²) in [5.74, 6) is 0.697. The molecular weight excluding hydrogens is 380 g/mol. The Morgan fingerprint density at radius 3 is 2.50 bits per heavy atom. The number of hydrogen-bond donors (Lipinski definition) is 1. The molecule has 7 nitrogen and oxygen atoms in total. The Labute approximate surface area is 175 Å². The summed E-state index contributed by atoms with van der Waals surface area (Å²) >= 11 is 0. The van der Waals surface area contributed by atoms with E-state index in [9.17, 15) is 4.79 Å². The van der Waals surface area contributed by atoms with Crippen molar-refractivity contribution in [3.63, 3.8) is 0 Å². The maximum atomic E-state index is 12.5. The third kappa shape index (κ3) is 4.93. The molecule has 1 aliphatic rings. The van der Waals surface area contributed by atoms with Crippen LogP contribution >= 0.6 is 0 Å². The van der Waals surface area contributed by atoms with E-state index in [1.54, 1.807) is 24.4 Å². The first-order valence-electron chi connectivity index (χ1n) is 9.97. The topological polar surface area (TPSA) is 76.6 Å². The lowest BCUT2D eigenvalue weighted by atomic mass is 10.1. The maximum Gasteiger partial charge on any atom is 0.258 e. The maximum absolute atomic E-state index is 12.5. The first-order valence-corrected chi connectivity index (χ1v) is 9.97. The van der Waals surface area contributed by atoms with Gasteiger partial charge in [-0.15, -0.1) is 0 Å². The van der Waals surface area contributed by atoms with Crippen molar-refractivity contribution in [2.45, 2.75) is 13.0 Å². The largest absolute Gasteiger partial charge is 0.470 e. The highest BCUT2D eigenvalue weighted by atomic mass is 16.5. The molecule has 7 heteroatoms. The molecule has 4 rings (SSSR count). The van der Waals surface area contributed by atoms with Crippen molar-refractivity contribution in [3.8, 4) is 5.88 Å². The normalized spacial score (nSPS) is 14.8. The second kappa shape index (κ2) is 9.37. The average molecular weight is 404 g/mol. The molecule has 0 bridgehead atoms. The highest BCUT2D eigenvalue weighted by molar-refractivity contribution is 6.03. The number of nitrogens with zero attached hydrogens (tertiary/aromatic N) is 3. The van der Waals surface area contributed by atoms with E-state index in [1.807, 2.05) is 43.3 Å². The Bertz CT molecular complexity index is 956. The van der Waals surface area contributed by atoms with Crippen LogP contribution < -0.4 is 15.0 Å². The van der Waals surface area contributed by atoms with Crippen molar-refractivity contribution in [1.29, 1.82) is 0 Å². The van der Waals surface area contributed by atoms with Crippen molar-refractivity contribution < 1.29 is 14.3 Å². The van der Waals surface area contributed by atoms with Gasteiger partial charge in [-0.05, 0) is 30.7 Å². The number of pyridine rings is 2. The third-order valence-corrected chi connectivity index (χ3v) is 4.93. The first kappa shape index (κ1) is 19.8. The number of anilines is 2. The van der Waals surface area contributed by atoms with Gasteiger partial charge >= 0.3 is 0 Å². The molecule has 1 saturated heterocycles. The smallest absolute Gasteiger partial charge is 0.258 e. The summed E-state index contributed by atoms with van der Waals surface area (Å²) < 4.78 is 11.2. The van der Waals surface area contributed by atoms with Crippen molar-refractivity contribution in [3.05, 3.63) is 78.1 Å². The van der Waals surface area contributed by atoms with Crippen LogP contribution in [0.15, 0.2) is 67.0 Å². The quantitative estimate of drug-likeness (QED) is 0.675. The predicted molar refractivity (Wildman–Crippen MR) is 115 cm³/mol. The molecule has 0 radical (unpaired) electrons. The Hall–Kier alpha value is -3.45. The van der Waals surface area contributed by atoms with Gasteiger partial charge in [0.05, 0.1) is 30.7 Å². The van der Waals surface area contributed by atoms with Crippen LogP contribution in [0, 0.1) is 0 Å². The molecule has 0 saturated carbocycles. The highest BCUT2D eigenvalue weighted by Gasteiger charge is 2.13. The number of rotatable bonds is 6. The van der Waals surface area contributed by atoms with Gasteiger partial charge in [-0.1, -0.05) is 30.3 Å². The van der Waals surface area contributed by atoms with Gasteiger partial charge < -0.3 is 19.7 Å². The number of aromatic nitrogens is 2. The molecule has 1 amide bonds. The fourth-order valence-corrected chi connectivity index (χ4v) is 3.21. The first-order chi connectivity index (χ1) is 14.7. The summed E-state index contributed by atoms with van der Waals surface area (Å²) in [7, 11) is 0. The van der Waals surface area contributed by atoms with Crippen LogP contribution in [0.1, 0.15) is 28.9 Å². The Morgan fingerprint density at radius 2 is 1.83 bits per heavy atom. The number of amides is 1. The lowest BCUT2D eigenvalue weighted by Crippen LogP contribution is -2.36. The summed E-state index contributed by atoms with van der Waals surface area (Å²) in [6, 6.07) is 17.1. The Balaban J connectivity index is 1.34. The minimum atomic E-state index is -0.267. The number of hydrogen-bond acceptors (Lipinski definition) is 6. The van der Waals surface area contributed by atoms with Gasteiger partial charge in [0.1, 0.15) is 11.9 Å². The van der Waals surface area contributed by atoms with Gasteiger partial charge in [0.25, 0.3) is 5.91 Å². The van der Waals surface area contributed by atoms with Crippen molar-refractivity contribution in [1.82, 2.24) is 9.97 Å². The fraction of sp³-hybridized carbons (Fsp3) is 0.261. The molecule has 154 valence electrons. The number of nitrogens with one attached hydrogen (secondary N) is 1. The molecule has 1 aromatic carbocycles. The van der Waals surface area contributed by atoms with E-state index in [0.717, 1.165) is 37.6 Å². The third-order valence-electron chi connectivity index (χ3n) is 4.93. The molecule has 3 heterocycles. The number of carbonyl (C=O) groups is 1. The van der Waals surface area contributed by atoms with Gasteiger partial charge in [0.15, 0.2) is 0 Å². The molecule has 1 fully saturated rings. The van der Waals surface area contributed by atoms with Gasteiger partial charge in [-0.25, -0.2) is 9.97 Å². The molecule has 3 aromatic rings. The minimum Gasteiger partial charge on any atom is -0.470 e. The Morgan fingerprint density at radius 1 is 1.03 bits per heavy atom. The van der Waals surface area contributed by atoms with E-state index in [4.69, 9.17) is 9.47 Å². The summed E-state index contributed by atoms with van der Waals surface area (Å²) in [6.07, 6.45) is 3.14. The number of morpholine rings is 1. The summed E-state index contributed by atoms with van der Waals surface area (Å²) in [6.45, 7) is 5.08. The van der Waals surface area contributed by atoms with Crippen LogP contribution in [-0.4, -0.2) is 42.2 Å². The highest BCUT2D eigenvalue weighted by Crippen LogP contribution is 2.20. The molecule has 0 aliphatic carbocycles. The van der Waals surface area contributed by atoms with Gasteiger partial charge in [-0.3, -0.25) is 4.79 Å². The fourth-order valence-electron chi connectivity index (χ4n) is 3.21. The van der Waals surface area contributed by atoms with E-state index < -0.39 is 0 Å². The second-order valence-electron chi connectivity index (χ2n) is 7.01. The Kier molecular flexibility index (Phi) is 6.20. The van der Waals surface area contributed by atoms with E-state index >= 15 is 0 Å². The minimum absolute atomic E-state index is 0.132. The van der Waals surface area contributed by atoms with E-state index in [0.29, 0.717) is 17.3 Å². The molecule has 0 unspecified atom stereocenters. The van der Waals surface area contributed by atoms with E-state index in [2.05, 4.69) is 20.2 Å². The predicted octanol–water partition coefficient (Wildman–Crippen LogP) is 3.71. The van der Waals surface area contributed by atoms with Crippen LogP contribution in [-0.2, 0) is 4.74 Å². The zero-order valence-corrected chi connectivity index (χ0v) is 16.8. The number of carbonyl (C=O) groups excluding carboxylic acids is 1. The van der Waals surface area contributed by atoms with E-state index in [1.165, 1.54) is 6.20 Å². The number of benzene rings is 1. The summed E-state index contributed by atoms with van der Waals surface area (Å²) in [5.41, 5.74) is 2.52. The monoisotopic (exact) mass is 404 g/mol. The van der Waals surface area contributed by atoms with Crippen molar-refractivity contribution >= 4 is 17.4 Å². The van der Waals surface area contributed by atoms with E-state index in [-0.39, 0.29) is 12.0 Å². The van der Waals surface area contributed by atoms with Crippen molar-refractivity contribution in [2.24, 2.45) is 0 Å². The SMILES string of the molecule is C[C@H](Oc1ccc(C(=O)Nc2ccc(N3CCOCC3)cn2)cn1)c1ccccc1. The van der Waals surface area contributed by atoms with Crippen LogP contribution in [0.5, 0.6) is 5.88 Å². The second-order valence-corrected chi connectivity index (χ2v) is 7.01. The van der Waals surface area contributed by atoms with Gasteiger partial charge in [-0.2, -0.15) is 0 Å². The van der Waals surface area contributed by atoms with Crippen LogP contribution in [0.25, 0.3) is 0 Å². The number of ether oxygens (including phenoxy) is 2. The van der Waals surface area contributed by atoms with Crippen LogP contribution in [0.2, 0.25) is 0 Å². The molecule has 1 aliphatic heterocycles. The molecule has 2 aromatic heterocycles.